The van der Waals surface area contributed by atoms with Crippen LogP contribution in [0.15, 0.2) is 18.2 Å². The number of carbonyl (C=O) groups excluding carboxylic acids is 2. The average Bonchev–Trinajstić information content (AvgIpc) is 2.86. The maximum Gasteiger partial charge on any atom is 0.251 e. The third-order valence-corrected chi connectivity index (χ3v) is 5.96. The van der Waals surface area contributed by atoms with Crippen LogP contribution in [0.4, 0.5) is 0 Å². The smallest absolute Gasteiger partial charge is 0.251 e. The van der Waals surface area contributed by atoms with Gasteiger partial charge in [0.05, 0.1) is 13.7 Å². The van der Waals surface area contributed by atoms with Crippen LogP contribution in [0.3, 0.4) is 0 Å². The minimum Gasteiger partial charge on any atom is -0.497 e. The van der Waals surface area contributed by atoms with E-state index in [1.54, 1.807) is 25.3 Å². The van der Waals surface area contributed by atoms with Gasteiger partial charge in [0, 0.05) is 34.8 Å². The first kappa shape index (κ1) is 21.9. The molecule has 3 rings (SSSR count). The molecule has 29 heavy (non-hydrogen) atoms. The summed E-state index contributed by atoms with van der Waals surface area (Å²) in [5, 5.41) is 6.59. The summed E-state index contributed by atoms with van der Waals surface area (Å²) in [7, 11) is 1.55. The predicted octanol–water partition coefficient (Wildman–Crippen LogP) is 3.24. The van der Waals surface area contributed by atoms with Crippen molar-refractivity contribution in [3.05, 3.63) is 28.8 Å². The number of amides is 2. The van der Waals surface area contributed by atoms with Gasteiger partial charge in [-0.1, -0.05) is 11.6 Å². The molecule has 2 atom stereocenters. The maximum absolute atomic E-state index is 12.5. The second-order valence-electron chi connectivity index (χ2n) is 9.28. The highest BCUT2D eigenvalue weighted by molar-refractivity contribution is 6.31. The van der Waals surface area contributed by atoms with E-state index in [1.165, 1.54) is 0 Å². The van der Waals surface area contributed by atoms with Crippen molar-refractivity contribution < 1.29 is 14.3 Å². The van der Waals surface area contributed by atoms with Crippen LogP contribution in [0.5, 0.6) is 5.75 Å². The maximum atomic E-state index is 12.5. The van der Waals surface area contributed by atoms with Crippen LogP contribution in [0.25, 0.3) is 0 Å². The van der Waals surface area contributed by atoms with Gasteiger partial charge in [-0.2, -0.15) is 0 Å². The molecule has 0 saturated carbocycles. The van der Waals surface area contributed by atoms with Crippen molar-refractivity contribution in [3.8, 4) is 5.75 Å². The Morgan fingerprint density at radius 3 is 2.41 bits per heavy atom. The number of halogens is 1. The molecule has 1 aromatic rings. The van der Waals surface area contributed by atoms with Gasteiger partial charge in [0.2, 0.25) is 5.91 Å². The number of nitrogens with one attached hydrogen (secondary N) is 2. The first-order valence-corrected chi connectivity index (χ1v) is 10.7. The zero-order valence-electron chi connectivity index (χ0n) is 17.8. The number of hydrogen-bond donors (Lipinski definition) is 2. The molecular formula is C22H32ClN3O3. The van der Waals surface area contributed by atoms with Crippen molar-refractivity contribution in [2.75, 3.05) is 20.2 Å². The number of rotatable bonds is 6. The minimum absolute atomic E-state index is 0.0936. The Hall–Kier alpha value is -1.79. The van der Waals surface area contributed by atoms with E-state index in [1.807, 2.05) is 20.8 Å². The molecule has 0 radical (unpaired) electrons. The normalized spacial score (nSPS) is 24.2. The van der Waals surface area contributed by atoms with E-state index in [4.69, 9.17) is 16.3 Å². The van der Waals surface area contributed by atoms with Crippen molar-refractivity contribution >= 4 is 23.4 Å². The highest BCUT2D eigenvalue weighted by Gasteiger charge is 2.41. The molecule has 2 aliphatic rings. The lowest BCUT2D eigenvalue weighted by Crippen LogP contribution is -2.52. The Bertz CT molecular complexity index is 748. The lowest BCUT2D eigenvalue weighted by Gasteiger charge is -2.39. The Morgan fingerprint density at radius 1 is 1.17 bits per heavy atom. The van der Waals surface area contributed by atoms with Gasteiger partial charge in [0.1, 0.15) is 5.75 Å². The Balaban J connectivity index is 1.52. The van der Waals surface area contributed by atoms with Crippen molar-refractivity contribution in [1.82, 2.24) is 15.5 Å². The SMILES string of the molecule is COc1cc(Cl)cc(C(=O)NCC2CC3CCC(C2)N3CC(=O)NC(C)(C)C)c1. The summed E-state index contributed by atoms with van der Waals surface area (Å²) in [5.41, 5.74) is 0.301. The molecule has 2 fully saturated rings. The molecule has 2 heterocycles. The quantitative estimate of drug-likeness (QED) is 0.739. The molecule has 6 nitrogen and oxygen atoms in total. The van der Waals surface area contributed by atoms with Crippen molar-refractivity contribution in [2.24, 2.45) is 5.92 Å². The van der Waals surface area contributed by atoms with E-state index < -0.39 is 0 Å². The summed E-state index contributed by atoms with van der Waals surface area (Å²) in [5.74, 6) is 0.961. The van der Waals surface area contributed by atoms with Crippen molar-refractivity contribution in [1.29, 1.82) is 0 Å². The van der Waals surface area contributed by atoms with Gasteiger partial charge in [-0.25, -0.2) is 0 Å². The summed E-state index contributed by atoms with van der Waals surface area (Å²) >= 11 is 6.07. The number of methoxy groups -OCH3 is 1. The molecule has 2 N–H and O–H groups in total. The van der Waals surface area contributed by atoms with Crippen LogP contribution in [-0.4, -0.2) is 54.5 Å². The molecule has 7 heteroatoms. The van der Waals surface area contributed by atoms with E-state index in [9.17, 15) is 9.59 Å². The summed E-state index contributed by atoms with van der Waals surface area (Å²) in [6.45, 7) is 7.12. The molecule has 160 valence electrons. The lowest BCUT2D eigenvalue weighted by molar-refractivity contribution is -0.125. The molecule has 0 aliphatic carbocycles. The number of ether oxygens (including phenoxy) is 1. The second-order valence-corrected chi connectivity index (χ2v) is 9.72. The van der Waals surface area contributed by atoms with Crippen molar-refractivity contribution in [3.63, 3.8) is 0 Å². The monoisotopic (exact) mass is 421 g/mol. The Morgan fingerprint density at radius 2 is 1.83 bits per heavy atom. The van der Waals surface area contributed by atoms with E-state index in [0.29, 0.717) is 47.4 Å². The van der Waals surface area contributed by atoms with Gasteiger partial charge in [-0.15, -0.1) is 0 Å². The summed E-state index contributed by atoms with van der Waals surface area (Å²) in [6.07, 6.45) is 4.28. The van der Waals surface area contributed by atoms with E-state index in [0.717, 1.165) is 25.7 Å². The molecule has 2 amide bonds. The van der Waals surface area contributed by atoms with Crippen LogP contribution in [0, 0.1) is 5.92 Å². The molecule has 2 aliphatic heterocycles. The lowest BCUT2D eigenvalue weighted by atomic mass is 9.90. The zero-order chi connectivity index (χ0) is 21.2. The largest absolute Gasteiger partial charge is 0.497 e. The molecule has 0 aromatic heterocycles. The molecule has 2 unspecified atom stereocenters. The van der Waals surface area contributed by atoms with E-state index >= 15 is 0 Å². The highest BCUT2D eigenvalue weighted by Crippen LogP contribution is 2.38. The molecule has 2 bridgehead atoms. The van der Waals surface area contributed by atoms with Crippen LogP contribution in [0.1, 0.15) is 56.8 Å². The van der Waals surface area contributed by atoms with Gasteiger partial charge in [0.25, 0.3) is 5.91 Å². The molecular weight excluding hydrogens is 390 g/mol. The molecule has 2 saturated heterocycles. The first-order valence-electron chi connectivity index (χ1n) is 10.3. The third kappa shape index (κ3) is 5.86. The second kappa shape index (κ2) is 8.92. The summed E-state index contributed by atoms with van der Waals surface area (Å²) in [6, 6.07) is 5.88. The summed E-state index contributed by atoms with van der Waals surface area (Å²) in [4.78, 5) is 27.3. The van der Waals surface area contributed by atoms with Crippen molar-refractivity contribution in [2.45, 2.75) is 64.1 Å². The van der Waals surface area contributed by atoms with Crippen LogP contribution in [-0.2, 0) is 4.79 Å². The highest BCUT2D eigenvalue weighted by atomic mass is 35.5. The van der Waals surface area contributed by atoms with Crippen LogP contribution < -0.4 is 15.4 Å². The van der Waals surface area contributed by atoms with E-state index in [-0.39, 0.29) is 17.4 Å². The van der Waals surface area contributed by atoms with Crippen LogP contribution in [0.2, 0.25) is 5.02 Å². The zero-order valence-corrected chi connectivity index (χ0v) is 18.5. The Kier molecular flexibility index (Phi) is 6.74. The summed E-state index contributed by atoms with van der Waals surface area (Å²) < 4.78 is 5.19. The predicted molar refractivity (Wildman–Crippen MR) is 114 cm³/mol. The van der Waals surface area contributed by atoms with E-state index in [2.05, 4.69) is 15.5 Å². The fraction of sp³-hybridized carbons (Fsp3) is 0.636. The number of hydrogen-bond acceptors (Lipinski definition) is 4. The first-order chi connectivity index (χ1) is 13.6. The number of carbonyl (C=O) groups is 2. The van der Waals surface area contributed by atoms with Gasteiger partial charge in [0.15, 0.2) is 0 Å². The number of nitrogens with zero attached hydrogens (tertiary/aromatic N) is 1. The standard InChI is InChI=1S/C22H32ClN3O3/c1-22(2,3)25-20(27)13-26-17-5-6-18(26)8-14(7-17)12-24-21(28)15-9-16(23)11-19(10-15)29-4/h9-11,14,17-18H,5-8,12-13H2,1-4H3,(H,24,28)(H,25,27). The molecule has 0 spiro atoms. The Labute approximate surface area is 178 Å². The average molecular weight is 422 g/mol. The fourth-order valence-corrected chi connectivity index (χ4v) is 4.81. The molecule has 1 aromatic carbocycles. The van der Waals surface area contributed by atoms with Gasteiger partial charge in [-0.3, -0.25) is 14.5 Å². The number of piperidine rings is 1. The fourth-order valence-electron chi connectivity index (χ4n) is 4.59. The van der Waals surface area contributed by atoms with Crippen LogP contribution >= 0.6 is 11.6 Å². The number of benzene rings is 1. The van der Waals surface area contributed by atoms with Gasteiger partial charge < -0.3 is 15.4 Å². The minimum atomic E-state index is -0.207. The van der Waals surface area contributed by atoms with Gasteiger partial charge >= 0.3 is 0 Å². The third-order valence-electron chi connectivity index (χ3n) is 5.74. The number of fused-ring (bicyclic) bond motifs is 2. The van der Waals surface area contributed by atoms with Gasteiger partial charge in [-0.05, 0) is 70.6 Å². The topological polar surface area (TPSA) is 70.7 Å².